The van der Waals surface area contributed by atoms with Gasteiger partial charge in [-0.1, -0.05) is 19.9 Å². The standard InChI is InChI=1S/C24H24F6N2O3/c1-11-19(13-5-7-17(26)20(27)21(13)35-3)15(9-23(11,2)24(28,29)30)22(34)32-12-4-6-16(25)14(8-12)18(31)10-33/h4-8,11,15,19,31,33H,9-10H2,1-3H3,(H,32,34)/t11-,15+,19-,23+/m0/s1. The summed E-state index contributed by atoms with van der Waals surface area (Å²) in [4.78, 5) is 13.3. The maximum absolute atomic E-state index is 14.4. The van der Waals surface area contributed by atoms with E-state index in [1.54, 1.807) is 0 Å². The zero-order valence-corrected chi connectivity index (χ0v) is 19.1. The van der Waals surface area contributed by atoms with E-state index in [1.807, 2.05) is 0 Å². The van der Waals surface area contributed by atoms with Gasteiger partial charge in [0.1, 0.15) is 5.82 Å². The highest BCUT2D eigenvalue weighted by Crippen LogP contribution is 2.62. The van der Waals surface area contributed by atoms with Crippen LogP contribution < -0.4 is 10.1 Å². The van der Waals surface area contributed by atoms with E-state index < -0.39 is 77.2 Å². The van der Waals surface area contributed by atoms with E-state index in [9.17, 15) is 31.1 Å². The molecule has 0 heterocycles. The van der Waals surface area contributed by atoms with E-state index in [-0.39, 0.29) is 16.8 Å². The van der Waals surface area contributed by atoms with Crippen molar-refractivity contribution >= 4 is 17.3 Å². The summed E-state index contributed by atoms with van der Waals surface area (Å²) < 4.78 is 89.5. The molecule has 4 atom stereocenters. The highest BCUT2D eigenvalue weighted by Gasteiger charge is 2.64. The van der Waals surface area contributed by atoms with Crippen LogP contribution in [0.3, 0.4) is 0 Å². The number of carbonyl (C=O) groups is 1. The van der Waals surface area contributed by atoms with Crippen LogP contribution in [-0.4, -0.2) is 36.6 Å². The van der Waals surface area contributed by atoms with Gasteiger partial charge in [-0.25, -0.2) is 8.78 Å². The number of anilines is 1. The van der Waals surface area contributed by atoms with Crippen LogP contribution in [0, 0.1) is 40.1 Å². The third-order valence-electron chi connectivity index (χ3n) is 6.97. The average Bonchev–Trinajstić information content (AvgIpc) is 3.08. The molecule has 0 bridgehead atoms. The van der Waals surface area contributed by atoms with Crippen molar-refractivity contribution in [2.24, 2.45) is 17.3 Å². The predicted octanol–water partition coefficient (Wildman–Crippen LogP) is 5.42. The minimum atomic E-state index is -4.70. The molecule has 1 amide bonds. The van der Waals surface area contributed by atoms with Crippen molar-refractivity contribution in [1.82, 2.24) is 0 Å². The average molecular weight is 502 g/mol. The van der Waals surface area contributed by atoms with Crippen LogP contribution in [0.4, 0.5) is 32.0 Å². The number of methoxy groups -OCH3 is 1. The van der Waals surface area contributed by atoms with Crippen LogP contribution >= 0.6 is 0 Å². The number of aliphatic hydroxyl groups excluding tert-OH is 1. The maximum Gasteiger partial charge on any atom is 0.394 e. The van der Waals surface area contributed by atoms with Gasteiger partial charge in [-0.2, -0.15) is 17.6 Å². The summed E-state index contributed by atoms with van der Waals surface area (Å²) >= 11 is 0. The Bertz CT molecular complexity index is 1150. The van der Waals surface area contributed by atoms with E-state index in [1.165, 1.54) is 6.92 Å². The van der Waals surface area contributed by atoms with Gasteiger partial charge in [0, 0.05) is 28.7 Å². The monoisotopic (exact) mass is 502 g/mol. The third-order valence-corrected chi connectivity index (χ3v) is 6.97. The topological polar surface area (TPSA) is 82.4 Å². The van der Waals surface area contributed by atoms with Crippen LogP contribution in [0.15, 0.2) is 30.3 Å². The summed E-state index contributed by atoms with van der Waals surface area (Å²) in [6.45, 7) is 1.50. The molecule has 5 nitrogen and oxygen atoms in total. The molecular formula is C24H24F6N2O3. The first-order valence-corrected chi connectivity index (χ1v) is 10.6. The van der Waals surface area contributed by atoms with Crippen LogP contribution in [0.25, 0.3) is 0 Å². The number of halogens is 6. The van der Waals surface area contributed by atoms with Gasteiger partial charge in [0.15, 0.2) is 11.6 Å². The van der Waals surface area contributed by atoms with E-state index in [0.717, 1.165) is 44.4 Å². The van der Waals surface area contributed by atoms with Crippen molar-refractivity contribution < 1.29 is 41.0 Å². The van der Waals surface area contributed by atoms with Gasteiger partial charge in [-0.15, -0.1) is 0 Å². The predicted molar refractivity (Wildman–Crippen MR) is 116 cm³/mol. The smallest absolute Gasteiger partial charge is 0.394 e. The molecule has 1 aliphatic carbocycles. The minimum Gasteiger partial charge on any atom is -0.493 e. The summed E-state index contributed by atoms with van der Waals surface area (Å²) in [6, 6.07) is 5.07. The Hall–Kier alpha value is -3.08. The number of rotatable bonds is 6. The quantitative estimate of drug-likeness (QED) is 0.365. The van der Waals surface area contributed by atoms with Gasteiger partial charge in [-0.3, -0.25) is 4.79 Å². The van der Waals surface area contributed by atoms with E-state index >= 15 is 0 Å². The number of aliphatic hydroxyl groups is 1. The van der Waals surface area contributed by atoms with Crippen molar-refractivity contribution in [1.29, 1.82) is 5.41 Å². The number of carbonyl (C=O) groups excluding carboxylic acids is 1. The van der Waals surface area contributed by atoms with Crippen LogP contribution in [0.2, 0.25) is 0 Å². The largest absolute Gasteiger partial charge is 0.493 e. The highest BCUT2D eigenvalue weighted by molar-refractivity contribution is 6.01. The van der Waals surface area contributed by atoms with Gasteiger partial charge >= 0.3 is 6.18 Å². The zero-order valence-electron chi connectivity index (χ0n) is 19.1. The molecule has 0 spiro atoms. The van der Waals surface area contributed by atoms with Crippen molar-refractivity contribution in [3.8, 4) is 5.75 Å². The van der Waals surface area contributed by atoms with Crippen LogP contribution in [-0.2, 0) is 4.79 Å². The summed E-state index contributed by atoms with van der Waals surface area (Å²) in [5.74, 6) is -8.62. The zero-order chi connectivity index (χ0) is 26.3. The summed E-state index contributed by atoms with van der Waals surface area (Å²) in [7, 11) is 1.05. The van der Waals surface area contributed by atoms with E-state index in [0.29, 0.717) is 0 Å². The minimum absolute atomic E-state index is 0.00568. The maximum atomic E-state index is 14.4. The molecule has 0 radical (unpaired) electrons. The van der Waals surface area contributed by atoms with Crippen molar-refractivity contribution in [3.63, 3.8) is 0 Å². The van der Waals surface area contributed by atoms with Gasteiger partial charge in [0.05, 0.1) is 24.8 Å². The molecule has 1 fully saturated rings. The number of benzene rings is 2. The Morgan fingerprint density at radius 3 is 2.40 bits per heavy atom. The third kappa shape index (κ3) is 4.61. The molecule has 11 heteroatoms. The fourth-order valence-corrected chi connectivity index (χ4v) is 4.80. The summed E-state index contributed by atoms with van der Waals surface area (Å²) in [5, 5.41) is 19.2. The molecule has 3 rings (SSSR count). The molecule has 190 valence electrons. The lowest BCUT2D eigenvalue weighted by Gasteiger charge is -2.33. The Morgan fingerprint density at radius 1 is 1.20 bits per heavy atom. The molecule has 1 aliphatic rings. The second kappa shape index (κ2) is 9.52. The number of nitrogens with one attached hydrogen (secondary N) is 2. The number of hydrogen-bond acceptors (Lipinski definition) is 4. The molecule has 0 saturated heterocycles. The SMILES string of the molecule is COc1c([C@H]2[C@H](C(=O)Nc3ccc(F)c(C(=N)CO)c3)C[C@@](C)(C(F)(F)F)[C@H]2C)ccc(F)c1F. The van der Waals surface area contributed by atoms with Crippen molar-refractivity contribution in [2.45, 2.75) is 32.4 Å². The van der Waals surface area contributed by atoms with Crippen LogP contribution in [0.1, 0.15) is 37.3 Å². The number of amides is 1. The molecule has 0 aromatic heterocycles. The molecule has 35 heavy (non-hydrogen) atoms. The van der Waals surface area contributed by atoms with Crippen LogP contribution in [0.5, 0.6) is 5.75 Å². The van der Waals surface area contributed by atoms with Gasteiger partial charge in [0.25, 0.3) is 0 Å². The first kappa shape index (κ1) is 26.5. The van der Waals surface area contributed by atoms with Gasteiger partial charge in [0.2, 0.25) is 11.7 Å². The highest BCUT2D eigenvalue weighted by atomic mass is 19.4. The number of alkyl halides is 3. The van der Waals surface area contributed by atoms with E-state index in [4.69, 9.17) is 15.3 Å². The molecule has 0 unspecified atom stereocenters. The van der Waals surface area contributed by atoms with Gasteiger partial charge in [-0.05, 0) is 36.6 Å². The Morgan fingerprint density at radius 2 is 1.83 bits per heavy atom. The lowest BCUT2D eigenvalue weighted by Crippen LogP contribution is -2.38. The number of ether oxygens (including phenoxy) is 1. The Labute approximate surface area is 197 Å². The van der Waals surface area contributed by atoms with Gasteiger partial charge < -0.3 is 20.6 Å². The second-order valence-corrected chi connectivity index (χ2v) is 8.84. The van der Waals surface area contributed by atoms with E-state index in [2.05, 4.69) is 5.32 Å². The summed E-state index contributed by atoms with van der Waals surface area (Å²) in [6.07, 6.45) is -5.35. The molecule has 0 aliphatic heterocycles. The Balaban J connectivity index is 2.07. The lowest BCUT2D eigenvalue weighted by molar-refractivity contribution is -0.229. The van der Waals surface area contributed by atoms with Crippen molar-refractivity contribution in [3.05, 3.63) is 58.9 Å². The molecule has 3 N–H and O–H groups in total. The molecule has 2 aromatic carbocycles. The fourth-order valence-electron chi connectivity index (χ4n) is 4.80. The number of hydrogen-bond donors (Lipinski definition) is 3. The van der Waals surface area contributed by atoms with Crippen molar-refractivity contribution in [2.75, 3.05) is 19.0 Å². The Kier molecular flexibility index (Phi) is 7.21. The molecule has 1 saturated carbocycles. The molecule has 2 aromatic rings. The fraction of sp³-hybridized carbons (Fsp3) is 0.417. The second-order valence-electron chi connectivity index (χ2n) is 8.84. The molecular weight excluding hydrogens is 478 g/mol. The normalized spacial score (nSPS) is 24.3. The lowest BCUT2D eigenvalue weighted by atomic mass is 9.75. The summed E-state index contributed by atoms with van der Waals surface area (Å²) in [5.41, 5.74) is -3.16. The first-order chi connectivity index (χ1) is 16.3. The first-order valence-electron chi connectivity index (χ1n) is 10.6.